The van der Waals surface area contributed by atoms with E-state index in [4.69, 9.17) is 0 Å². The Kier molecular flexibility index (Phi) is 2.26. The van der Waals surface area contributed by atoms with Gasteiger partial charge in [-0.1, -0.05) is 39.3 Å². The Bertz CT molecular complexity index is 264. The van der Waals surface area contributed by atoms with Gasteiger partial charge < -0.3 is 5.32 Å². The van der Waals surface area contributed by atoms with Crippen molar-refractivity contribution in [2.24, 2.45) is 16.7 Å². The van der Waals surface area contributed by atoms with Crippen LogP contribution in [0.1, 0.15) is 40.5 Å². The van der Waals surface area contributed by atoms with E-state index in [1.165, 1.54) is 19.4 Å². The lowest BCUT2D eigenvalue weighted by molar-refractivity contribution is 0.125. The van der Waals surface area contributed by atoms with Crippen LogP contribution >= 0.6 is 0 Å². The van der Waals surface area contributed by atoms with E-state index in [9.17, 15) is 0 Å². The van der Waals surface area contributed by atoms with Gasteiger partial charge in [0, 0.05) is 18.5 Å². The molecular formula is C13H23N. The first-order valence-electron chi connectivity index (χ1n) is 5.89. The third-order valence-electron chi connectivity index (χ3n) is 4.67. The van der Waals surface area contributed by atoms with Crippen LogP contribution in [0, 0.1) is 16.7 Å². The van der Waals surface area contributed by atoms with E-state index in [2.05, 4.69) is 39.1 Å². The van der Waals surface area contributed by atoms with Crippen LogP contribution < -0.4 is 5.32 Å². The Hall–Kier alpha value is -0.300. The quantitative estimate of drug-likeness (QED) is 0.583. The molecule has 2 aliphatic rings. The maximum atomic E-state index is 3.50. The molecule has 1 saturated carbocycles. The first-order valence-corrected chi connectivity index (χ1v) is 5.89. The molecule has 80 valence electrons. The number of fused-ring (bicyclic) bond motifs is 1. The third kappa shape index (κ3) is 1.33. The molecule has 0 saturated heterocycles. The fourth-order valence-corrected chi connectivity index (χ4v) is 3.29. The first-order chi connectivity index (χ1) is 6.47. The molecule has 2 unspecified atom stereocenters. The molecule has 1 N–H and O–H groups in total. The normalized spacial score (nSPS) is 41.4. The molecule has 0 amide bonds. The first kappa shape index (κ1) is 10.2. The van der Waals surface area contributed by atoms with Crippen LogP contribution in [-0.2, 0) is 0 Å². The van der Waals surface area contributed by atoms with Crippen molar-refractivity contribution in [1.82, 2.24) is 5.32 Å². The second-order valence-corrected chi connectivity index (χ2v) is 5.97. The molecule has 1 aliphatic carbocycles. The Morgan fingerprint density at radius 1 is 1.36 bits per heavy atom. The molecule has 0 spiro atoms. The minimum atomic E-state index is 0.412. The number of rotatable bonds is 0. The lowest BCUT2D eigenvalue weighted by atomic mass is 9.55. The van der Waals surface area contributed by atoms with Gasteiger partial charge in [-0.2, -0.15) is 0 Å². The lowest BCUT2D eigenvalue weighted by Crippen LogP contribution is -2.47. The van der Waals surface area contributed by atoms with Crippen LogP contribution in [0.15, 0.2) is 11.6 Å². The maximum Gasteiger partial charge on any atom is 0.0138 e. The predicted molar refractivity (Wildman–Crippen MR) is 61.2 cm³/mol. The summed E-state index contributed by atoms with van der Waals surface area (Å²) in [5.41, 5.74) is 2.56. The van der Waals surface area contributed by atoms with Gasteiger partial charge in [0.05, 0.1) is 0 Å². The lowest BCUT2D eigenvalue weighted by Gasteiger charge is -2.51. The summed E-state index contributed by atoms with van der Waals surface area (Å²) in [6, 6.07) is 0. The van der Waals surface area contributed by atoms with E-state index in [0.717, 1.165) is 12.5 Å². The molecule has 1 heterocycles. The van der Waals surface area contributed by atoms with Crippen molar-refractivity contribution >= 4 is 0 Å². The standard InChI is InChI=1S/C13H23N/c1-10-5-7-13(4)9-14-8-6-11(13)12(10,2)3/h6,10,14H,5,7-9H2,1-4H3. The Morgan fingerprint density at radius 2 is 2.07 bits per heavy atom. The second kappa shape index (κ2) is 3.10. The van der Waals surface area contributed by atoms with Gasteiger partial charge in [0.1, 0.15) is 0 Å². The minimum absolute atomic E-state index is 0.412. The SMILES string of the molecule is CC1CCC2(C)CNCC=C2C1(C)C. The molecule has 1 aliphatic heterocycles. The summed E-state index contributed by atoms with van der Waals surface area (Å²) in [6.45, 7) is 11.9. The van der Waals surface area contributed by atoms with Crippen LogP contribution in [0.4, 0.5) is 0 Å². The van der Waals surface area contributed by atoms with Crippen LogP contribution in [0.2, 0.25) is 0 Å². The molecule has 0 aromatic carbocycles. The number of hydrogen-bond donors (Lipinski definition) is 1. The van der Waals surface area contributed by atoms with E-state index in [-0.39, 0.29) is 0 Å². The topological polar surface area (TPSA) is 12.0 Å². The van der Waals surface area contributed by atoms with Gasteiger partial charge in [-0.25, -0.2) is 0 Å². The number of hydrogen-bond acceptors (Lipinski definition) is 1. The molecular weight excluding hydrogens is 170 g/mol. The molecule has 0 radical (unpaired) electrons. The van der Waals surface area contributed by atoms with E-state index < -0.39 is 0 Å². The zero-order valence-electron chi connectivity index (χ0n) is 9.98. The van der Waals surface area contributed by atoms with Crippen LogP contribution in [-0.4, -0.2) is 13.1 Å². The molecule has 0 bridgehead atoms. The third-order valence-corrected chi connectivity index (χ3v) is 4.67. The average Bonchev–Trinajstić information content (AvgIpc) is 2.13. The summed E-state index contributed by atoms with van der Waals surface area (Å²) in [6.07, 6.45) is 5.18. The van der Waals surface area contributed by atoms with Crippen molar-refractivity contribution in [2.45, 2.75) is 40.5 Å². The largest absolute Gasteiger partial charge is 0.312 e. The van der Waals surface area contributed by atoms with E-state index in [1.807, 2.05) is 0 Å². The monoisotopic (exact) mass is 193 g/mol. The summed E-state index contributed by atoms with van der Waals surface area (Å²) in [4.78, 5) is 0. The second-order valence-electron chi connectivity index (χ2n) is 5.97. The molecule has 2 rings (SSSR count). The predicted octanol–water partition coefficient (Wildman–Crippen LogP) is 2.98. The Balaban J connectivity index is 2.39. The van der Waals surface area contributed by atoms with Crippen LogP contribution in [0.5, 0.6) is 0 Å². The van der Waals surface area contributed by atoms with Gasteiger partial charge in [0.15, 0.2) is 0 Å². The average molecular weight is 193 g/mol. The van der Waals surface area contributed by atoms with Crippen molar-refractivity contribution in [1.29, 1.82) is 0 Å². The van der Waals surface area contributed by atoms with Crippen molar-refractivity contribution in [3.05, 3.63) is 11.6 Å². The molecule has 14 heavy (non-hydrogen) atoms. The highest BCUT2D eigenvalue weighted by atomic mass is 14.9. The summed E-state index contributed by atoms with van der Waals surface area (Å²) in [7, 11) is 0. The summed E-state index contributed by atoms with van der Waals surface area (Å²) >= 11 is 0. The zero-order chi connectivity index (χ0) is 10.4. The summed E-state index contributed by atoms with van der Waals surface area (Å²) in [5.74, 6) is 0.833. The van der Waals surface area contributed by atoms with E-state index >= 15 is 0 Å². The number of nitrogens with one attached hydrogen (secondary N) is 1. The van der Waals surface area contributed by atoms with Crippen molar-refractivity contribution in [3.63, 3.8) is 0 Å². The van der Waals surface area contributed by atoms with Gasteiger partial charge in [-0.3, -0.25) is 0 Å². The molecule has 0 aromatic heterocycles. The van der Waals surface area contributed by atoms with E-state index in [0.29, 0.717) is 10.8 Å². The molecule has 0 aromatic rings. The molecule has 2 atom stereocenters. The highest BCUT2D eigenvalue weighted by Crippen LogP contribution is 2.53. The molecule has 1 heteroatoms. The van der Waals surface area contributed by atoms with Gasteiger partial charge in [0.2, 0.25) is 0 Å². The smallest absolute Gasteiger partial charge is 0.0138 e. The van der Waals surface area contributed by atoms with Crippen LogP contribution in [0.3, 0.4) is 0 Å². The summed E-state index contributed by atoms with van der Waals surface area (Å²) in [5, 5.41) is 3.50. The van der Waals surface area contributed by atoms with Gasteiger partial charge in [0.25, 0.3) is 0 Å². The fraction of sp³-hybridized carbons (Fsp3) is 0.846. The molecule has 1 fully saturated rings. The zero-order valence-corrected chi connectivity index (χ0v) is 9.98. The van der Waals surface area contributed by atoms with Crippen molar-refractivity contribution in [2.75, 3.05) is 13.1 Å². The van der Waals surface area contributed by atoms with Crippen molar-refractivity contribution < 1.29 is 0 Å². The van der Waals surface area contributed by atoms with E-state index in [1.54, 1.807) is 5.57 Å². The maximum absolute atomic E-state index is 3.50. The summed E-state index contributed by atoms with van der Waals surface area (Å²) < 4.78 is 0. The highest BCUT2D eigenvalue weighted by Gasteiger charge is 2.45. The van der Waals surface area contributed by atoms with Gasteiger partial charge in [-0.15, -0.1) is 0 Å². The molecule has 1 nitrogen and oxygen atoms in total. The fourth-order valence-electron chi connectivity index (χ4n) is 3.29. The Morgan fingerprint density at radius 3 is 2.79 bits per heavy atom. The minimum Gasteiger partial charge on any atom is -0.312 e. The van der Waals surface area contributed by atoms with Crippen molar-refractivity contribution in [3.8, 4) is 0 Å². The Labute approximate surface area is 88.0 Å². The van der Waals surface area contributed by atoms with Gasteiger partial charge in [-0.05, 0) is 24.2 Å². The highest BCUT2D eigenvalue weighted by molar-refractivity contribution is 5.27. The van der Waals surface area contributed by atoms with Gasteiger partial charge >= 0.3 is 0 Å². The van der Waals surface area contributed by atoms with Crippen LogP contribution in [0.25, 0.3) is 0 Å².